The number of hydrogen-bond acceptors (Lipinski definition) is 5. The van der Waals surface area contributed by atoms with Gasteiger partial charge >= 0.3 is 0 Å². The topological polar surface area (TPSA) is 99.9 Å². The van der Waals surface area contributed by atoms with Crippen LogP contribution in [0.1, 0.15) is 27.2 Å². The highest BCUT2D eigenvalue weighted by Crippen LogP contribution is 2.27. The first-order chi connectivity index (χ1) is 16.7. The van der Waals surface area contributed by atoms with Crippen molar-refractivity contribution in [3.63, 3.8) is 0 Å². The summed E-state index contributed by atoms with van der Waals surface area (Å²) in [6.45, 7) is 1.90. The molecule has 0 aliphatic heterocycles. The van der Waals surface area contributed by atoms with Crippen molar-refractivity contribution in [2.24, 2.45) is 0 Å². The van der Waals surface area contributed by atoms with Crippen LogP contribution in [0.25, 0.3) is 22.3 Å². The third kappa shape index (κ3) is 5.62. The molecule has 0 fully saturated rings. The minimum absolute atomic E-state index is 0.146. The SMILES string of the molecule is Cc1ccc(C(=O)NCc2cc(-c3cccc(-c4ccc(C#N)cc4)c3)ccn2)cc1S(C)(=O)=O. The van der Waals surface area contributed by atoms with Crippen LogP contribution in [0, 0.1) is 18.3 Å². The largest absolute Gasteiger partial charge is 0.346 e. The maximum absolute atomic E-state index is 12.7. The fourth-order valence-corrected chi connectivity index (χ4v) is 4.78. The van der Waals surface area contributed by atoms with Gasteiger partial charge in [-0.15, -0.1) is 0 Å². The third-order valence-electron chi connectivity index (χ3n) is 5.64. The van der Waals surface area contributed by atoms with Crippen LogP contribution in [0.3, 0.4) is 0 Å². The number of nitrogens with zero attached hydrogens (tertiary/aromatic N) is 2. The predicted molar refractivity (Wildman–Crippen MR) is 135 cm³/mol. The summed E-state index contributed by atoms with van der Waals surface area (Å²) in [6.07, 6.45) is 2.82. The van der Waals surface area contributed by atoms with Crippen molar-refractivity contribution in [2.75, 3.05) is 6.26 Å². The van der Waals surface area contributed by atoms with Crippen molar-refractivity contribution >= 4 is 15.7 Å². The monoisotopic (exact) mass is 481 g/mol. The Labute approximate surface area is 204 Å². The Hall–Kier alpha value is -4.28. The van der Waals surface area contributed by atoms with E-state index in [1.54, 1.807) is 37.4 Å². The Bertz CT molecular complexity index is 1550. The van der Waals surface area contributed by atoms with Gasteiger partial charge < -0.3 is 5.32 Å². The quantitative estimate of drug-likeness (QED) is 0.421. The molecule has 0 spiro atoms. The molecule has 0 aliphatic rings. The number of nitrogens with one attached hydrogen (secondary N) is 1. The number of aryl methyl sites for hydroxylation is 1. The van der Waals surface area contributed by atoms with Crippen LogP contribution >= 0.6 is 0 Å². The molecule has 1 amide bonds. The lowest BCUT2D eigenvalue weighted by atomic mass is 9.98. The van der Waals surface area contributed by atoms with Gasteiger partial charge in [0, 0.05) is 18.0 Å². The van der Waals surface area contributed by atoms with Crippen LogP contribution in [0.15, 0.2) is 90.0 Å². The highest BCUT2D eigenvalue weighted by molar-refractivity contribution is 7.90. The molecule has 174 valence electrons. The molecule has 0 bridgehead atoms. The lowest BCUT2D eigenvalue weighted by Crippen LogP contribution is -2.23. The molecule has 0 atom stereocenters. The Balaban J connectivity index is 1.51. The smallest absolute Gasteiger partial charge is 0.251 e. The van der Waals surface area contributed by atoms with Gasteiger partial charge in [0.05, 0.1) is 28.8 Å². The Morgan fingerprint density at radius 2 is 1.60 bits per heavy atom. The van der Waals surface area contributed by atoms with E-state index in [9.17, 15) is 13.2 Å². The summed E-state index contributed by atoms with van der Waals surface area (Å²) in [5, 5.41) is 11.8. The van der Waals surface area contributed by atoms with Crippen LogP contribution in [0.5, 0.6) is 0 Å². The third-order valence-corrected chi connectivity index (χ3v) is 6.88. The fraction of sp³-hybridized carbons (Fsp3) is 0.107. The second kappa shape index (κ2) is 9.92. The van der Waals surface area contributed by atoms with Gasteiger partial charge in [-0.1, -0.05) is 36.4 Å². The number of amides is 1. The molecule has 0 saturated heterocycles. The first-order valence-corrected chi connectivity index (χ1v) is 12.8. The summed E-state index contributed by atoms with van der Waals surface area (Å²) >= 11 is 0. The Kier molecular flexibility index (Phi) is 6.76. The van der Waals surface area contributed by atoms with Crippen LogP contribution in [0.4, 0.5) is 0 Å². The molecule has 35 heavy (non-hydrogen) atoms. The van der Waals surface area contributed by atoms with E-state index in [1.807, 2.05) is 42.5 Å². The van der Waals surface area contributed by atoms with Gasteiger partial charge in [0.15, 0.2) is 9.84 Å². The summed E-state index contributed by atoms with van der Waals surface area (Å²) in [5.74, 6) is -0.370. The maximum atomic E-state index is 12.7. The molecule has 0 aliphatic carbocycles. The molecule has 1 aromatic heterocycles. The van der Waals surface area contributed by atoms with Gasteiger partial charge in [-0.05, 0) is 77.2 Å². The molecule has 6 nitrogen and oxygen atoms in total. The molecule has 0 unspecified atom stereocenters. The number of pyridine rings is 1. The number of nitriles is 1. The molecular weight excluding hydrogens is 458 g/mol. The second-order valence-corrected chi connectivity index (χ2v) is 10.2. The minimum atomic E-state index is -3.43. The number of carbonyl (C=O) groups excluding carboxylic acids is 1. The maximum Gasteiger partial charge on any atom is 0.251 e. The van der Waals surface area contributed by atoms with Crippen molar-refractivity contribution in [1.82, 2.24) is 10.3 Å². The van der Waals surface area contributed by atoms with E-state index in [0.29, 0.717) is 16.8 Å². The van der Waals surface area contributed by atoms with Gasteiger partial charge in [0.1, 0.15) is 0 Å². The summed E-state index contributed by atoms with van der Waals surface area (Å²) < 4.78 is 23.9. The molecule has 3 aromatic carbocycles. The van der Waals surface area contributed by atoms with E-state index in [2.05, 4.69) is 22.4 Å². The summed E-state index contributed by atoms with van der Waals surface area (Å²) in [6, 6.07) is 26.1. The molecule has 4 rings (SSSR count). The second-order valence-electron chi connectivity index (χ2n) is 8.24. The van der Waals surface area contributed by atoms with Crippen molar-refractivity contribution in [3.8, 4) is 28.3 Å². The molecule has 0 radical (unpaired) electrons. The Morgan fingerprint density at radius 3 is 2.29 bits per heavy atom. The average Bonchev–Trinajstić information content (AvgIpc) is 2.87. The summed E-state index contributed by atoms with van der Waals surface area (Å²) in [7, 11) is -3.43. The van der Waals surface area contributed by atoms with E-state index in [4.69, 9.17) is 5.26 Å². The first kappa shape index (κ1) is 23.9. The van der Waals surface area contributed by atoms with Crippen LogP contribution in [0.2, 0.25) is 0 Å². The predicted octanol–water partition coefficient (Wildman–Crippen LogP) is 4.93. The molecule has 4 aromatic rings. The van der Waals surface area contributed by atoms with Gasteiger partial charge in [-0.2, -0.15) is 5.26 Å². The Morgan fingerprint density at radius 1 is 0.914 bits per heavy atom. The highest BCUT2D eigenvalue weighted by atomic mass is 32.2. The van der Waals surface area contributed by atoms with Crippen molar-refractivity contribution in [2.45, 2.75) is 18.4 Å². The molecule has 0 saturated carbocycles. The molecule has 1 N–H and O–H groups in total. The van der Waals surface area contributed by atoms with Crippen molar-refractivity contribution < 1.29 is 13.2 Å². The zero-order valence-electron chi connectivity index (χ0n) is 19.3. The number of carbonyl (C=O) groups is 1. The summed E-state index contributed by atoms with van der Waals surface area (Å²) in [4.78, 5) is 17.2. The van der Waals surface area contributed by atoms with Crippen molar-refractivity contribution in [1.29, 1.82) is 5.26 Å². The zero-order valence-corrected chi connectivity index (χ0v) is 20.1. The van der Waals surface area contributed by atoms with E-state index < -0.39 is 9.84 Å². The standard InChI is InChI=1S/C28H23N3O3S/c1-19-6-9-25(16-27(19)35(2,33)34)28(32)31-18-26-15-24(12-13-30-26)23-5-3-4-22(14-23)21-10-7-20(17-29)8-11-21/h3-16H,18H2,1-2H3,(H,31,32). The average molecular weight is 482 g/mol. The van der Waals surface area contributed by atoms with E-state index in [0.717, 1.165) is 28.5 Å². The van der Waals surface area contributed by atoms with E-state index in [1.165, 1.54) is 6.07 Å². The van der Waals surface area contributed by atoms with E-state index in [-0.39, 0.29) is 22.9 Å². The lowest BCUT2D eigenvalue weighted by molar-refractivity contribution is 0.0950. The first-order valence-electron chi connectivity index (χ1n) is 10.9. The van der Waals surface area contributed by atoms with Gasteiger partial charge in [-0.3, -0.25) is 9.78 Å². The minimum Gasteiger partial charge on any atom is -0.346 e. The molecular formula is C28H23N3O3S. The number of benzene rings is 3. The fourth-order valence-electron chi connectivity index (χ4n) is 3.78. The number of hydrogen-bond donors (Lipinski definition) is 1. The normalized spacial score (nSPS) is 11.0. The summed E-state index contributed by atoms with van der Waals surface area (Å²) in [5.41, 5.74) is 6.16. The molecule has 1 heterocycles. The van der Waals surface area contributed by atoms with Gasteiger partial charge in [0.25, 0.3) is 5.91 Å². The van der Waals surface area contributed by atoms with E-state index >= 15 is 0 Å². The zero-order chi connectivity index (χ0) is 25.0. The van der Waals surface area contributed by atoms with Crippen LogP contribution in [-0.2, 0) is 16.4 Å². The number of sulfone groups is 1. The lowest BCUT2D eigenvalue weighted by Gasteiger charge is -2.10. The van der Waals surface area contributed by atoms with Crippen LogP contribution in [-0.4, -0.2) is 25.6 Å². The number of rotatable bonds is 6. The number of aromatic nitrogens is 1. The van der Waals surface area contributed by atoms with Crippen molar-refractivity contribution in [3.05, 3.63) is 107 Å². The van der Waals surface area contributed by atoms with Gasteiger partial charge in [0.2, 0.25) is 0 Å². The van der Waals surface area contributed by atoms with Crippen LogP contribution < -0.4 is 5.32 Å². The molecule has 7 heteroatoms. The van der Waals surface area contributed by atoms with Gasteiger partial charge in [-0.25, -0.2) is 8.42 Å². The highest BCUT2D eigenvalue weighted by Gasteiger charge is 2.15.